The Morgan fingerprint density at radius 1 is 1.30 bits per heavy atom. The van der Waals surface area contributed by atoms with E-state index < -0.39 is 0 Å². The molecule has 1 saturated carbocycles. The van der Waals surface area contributed by atoms with Gasteiger partial charge in [-0.1, -0.05) is 0 Å². The van der Waals surface area contributed by atoms with Crippen LogP contribution in [0.2, 0.25) is 0 Å². The van der Waals surface area contributed by atoms with Crippen LogP contribution in [0.15, 0.2) is 18.2 Å². The second-order valence-electron chi connectivity index (χ2n) is 5.86. The van der Waals surface area contributed by atoms with E-state index >= 15 is 0 Å². The monoisotopic (exact) mass is 270 g/mol. The van der Waals surface area contributed by atoms with E-state index in [0.717, 1.165) is 23.1 Å². The Labute approximate surface area is 117 Å². The Balaban J connectivity index is 1.83. The van der Waals surface area contributed by atoms with Gasteiger partial charge in [0.2, 0.25) is 5.91 Å². The highest BCUT2D eigenvalue weighted by atomic mass is 16.1. The van der Waals surface area contributed by atoms with Gasteiger partial charge in [-0.2, -0.15) is 0 Å². The van der Waals surface area contributed by atoms with Crippen LogP contribution in [0.1, 0.15) is 43.5 Å². The maximum Gasteiger partial charge on any atom is 0.220 e. The lowest BCUT2D eigenvalue weighted by molar-refractivity contribution is -0.122. The zero-order valence-corrected chi connectivity index (χ0v) is 11.3. The number of aromatic nitrogens is 2. The molecule has 1 aromatic heterocycles. The molecule has 3 N–H and O–H groups in total. The van der Waals surface area contributed by atoms with E-state index in [9.17, 15) is 4.79 Å². The van der Waals surface area contributed by atoms with Crippen molar-refractivity contribution in [3.63, 3.8) is 0 Å². The zero-order chi connectivity index (χ0) is 13.7. The third kappa shape index (κ3) is 1.85. The summed E-state index contributed by atoms with van der Waals surface area (Å²) in [6.45, 7) is 0.703. The molecular weight excluding hydrogens is 252 g/mol. The molecule has 1 aromatic carbocycles. The van der Waals surface area contributed by atoms with Crippen LogP contribution in [0.4, 0.5) is 5.69 Å². The standard InChI is InChI=1S/C15H18N4O/c16-10-3-5-13-12(7-10)18-15(9-1-2-9)19(13)11-4-6-14(20)17-8-11/h3,5,7,9,11H,1-2,4,6,8,16H2,(H,17,20). The first kappa shape index (κ1) is 11.8. The van der Waals surface area contributed by atoms with E-state index in [4.69, 9.17) is 10.7 Å². The molecule has 0 radical (unpaired) electrons. The Morgan fingerprint density at radius 3 is 2.85 bits per heavy atom. The number of nitrogens with one attached hydrogen (secondary N) is 1. The molecule has 1 atom stereocenters. The van der Waals surface area contributed by atoms with Gasteiger partial charge in [-0.15, -0.1) is 0 Å². The lowest BCUT2D eigenvalue weighted by Gasteiger charge is -2.26. The van der Waals surface area contributed by atoms with E-state index in [1.54, 1.807) is 0 Å². The van der Waals surface area contributed by atoms with Crippen LogP contribution < -0.4 is 11.1 Å². The van der Waals surface area contributed by atoms with Crippen molar-refractivity contribution >= 4 is 22.6 Å². The number of rotatable bonds is 2. The topological polar surface area (TPSA) is 72.9 Å². The first-order valence-corrected chi connectivity index (χ1v) is 7.26. The molecule has 2 heterocycles. The van der Waals surface area contributed by atoms with Gasteiger partial charge in [0.1, 0.15) is 5.82 Å². The third-order valence-electron chi connectivity index (χ3n) is 4.29. The minimum Gasteiger partial charge on any atom is -0.399 e. The molecule has 4 rings (SSSR count). The zero-order valence-electron chi connectivity index (χ0n) is 11.3. The van der Waals surface area contributed by atoms with Gasteiger partial charge in [0.25, 0.3) is 0 Å². The maximum absolute atomic E-state index is 11.4. The molecule has 1 amide bonds. The SMILES string of the molecule is Nc1ccc2c(c1)nc(C1CC1)n2C1CCC(=O)NC1. The lowest BCUT2D eigenvalue weighted by Crippen LogP contribution is -2.36. The molecule has 5 nitrogen and oxygen atoms in total. The Bertz CT molecular complexity index is 676. The van der Waals surface area contributed by atoms with Gasteiger partial charge in [-0.3, -0.25) is 4.79 Å². The number of anilines is 1. The lowest BCUT2D eigenvalue weighted by atomic mass is 10.1. The van der Waals surface area contributed by atoms with Crippen LogP contribution in [0, 0.1) is 0 Å². The number of hydrogen-bond acceptors (Lipinski definition) is 3. The van der Waals surface area contributed by atoms with Crippen molar-refractivity contribution in [3.05, 3.63) is 24.0 Å². The molecule has 2 aliphatic rings. The van der Waals surface area contributed by atoms with Crippen LogP contribution in [-0.4, -0.2) is 22.0 Å². The number of hydrogen-bond donors (Lipinski definition) is 2. The number of imidazole rings is 1. The van der Waals surface area contributed by atoms with Crippen molar-refractivity contribution in [2.45, 2.75) is 37.6 Å². The number of carbonyl (C=O) groups is 1. The smallest absolute Gasteiger partial charge is 0.220 e. The number of nitrogens with zero attached hydrogens (tertiary/aromatic N) is 2. The summed E-state index contributed by atoms with van der Waals surface area (Å²) in [6.07, 6.45) is 3.93. The molecule has 1 saturated heterocycles. The minimum absolute atomic E-state index is 0.155. The van der Waals surface area contributed by atoms with Gasteiger partial charge in [-0.05, 0) is 37.5 Å². The number of nitrogen functional groups attached to an aromatic ring is 1. The summed E-state index contributed by atoms with van der Waals surface area (Å²) >= 11 is 0. The predicted octanol–water partition coefficient (Wildman–Crippen LogP) is 1.95. The van der Waals surface area contributed by atoms with Crippen molar-refractivity contribution in [1.29, 1.82) is 0 Å². The highest BCUT2D eigenvalue weighted by Gasteiger charge is 2.32. The summed E-state index contributed by atoms with van der Waals surface area (Å²) in [7, 11) is 0. The highest BCUT2D eigenvalue weighted by Crippen LogP contribution is 2.42. The largest absolute Gasteiger partial charge is 0.399 e. The normalized spacial score (nSPS) is 23.0. The molecule has 2 fully saturated rings. The van der Waals surface area contributed by atoms with E-state index in [1.807, 2.05) is 12.1 Å². The molecular formula is C15H18N4O. The van der Waals surface area contributed by atoms with Crippen LogP contribution in [0.5, 0.6) is 0 Å². The van der Waals surface area contributed by atoms with Crippen LogP contribution in [0.25, 0.3) is 11.0 Å². The molecule has 104 valence electrons. The maximum atomic E-state index is 11.4. The van der Waals surface area contributed by atoms with Crippen LogP contribution in [0.3, 0.4) is 0 Å². The van der Waals surface area contributed by atoms with Crippen LogP contribution >= 0.6 is 0 Å². The molecule has 1 unspecified atom stereocenters. The van der Waals surface area contributed by atoms with Gasteiger partial charge in [-0.25, -0.2) is 4.98 Å². The molecule has 5 heteroatoms. The number of fused-ring (bicyclic) bond motifs is 1. The quantitative estimate of drug-likeness (QED) is 0.819. The summed E-state index contributed by atoms with van der Waals surface area (Å²) in [5.74, 6) is 1.91. The van der Waals surface area contributed by atoms with Gasteiger partial charge >= 0.3 is 0 Å². The van der Waals surface area contributed by atoms with E-state index in [0.29, 0.717) is 24.9 Å². The number of amides is 1. The van der Waals surface area contributed by atoms with Crippen molar-refractivity contribution < 1.29 is 4.79 Å². The summed E-state index contributed by atoms with van der Waals surface area (Å²) in [6, 6.07) is 6.24. The average molecular weight is 270 g/mol. The van der Waals surface area contributed by atoms with Crippen molar-refractivity contribution in [1.82, 2.24) is 14.9 Å². The molecule has 0 spiro atoms. The number of nitrogens with two attached hydrogens (primary N) is 1. The second kappa shape index (κ2) is 4.23. The summed E-state index contributed by atoms with van der Waals surface area (Å²) in [5.41, 5.74) is 8.73. The minimum atomic E-state index is 0.155. The van der Waals surface area contributed by atoms with Gasteiger partial charge in [0, 0.05) is 24.6 Å². The fourth-order valence-electron chi connectivity index (χ4n) is 3.09. The van der Waals surface area contributed by atoms with E-state index in [1.165, 1.54) is 18.7 Å². The Hall–Kier alpha value is -2.04. The predicted molar refractivity (Wildman–Crippen MR) is 77.4 cm³/mol. The summed E-state index contributed by atoms with van der Waals surface area (Å²) in [4.78, 5) is 16.2. The van der Waals surface area contributed by atoms with Gasteiger partial charge in [0.05, 0.1) is 17.1 Å². The molecule has 1 aliphatic heterocycles. The van der Waals surface area contributed by atoms with E-state index in [-0.39, 0.29) is 5.91 Å². The van der Waals surface area contributed by atoms with Crippen LogP contribution in [-0.2, 0) is 4.79 Å². The Kier molecular flexibility index (Phi) is 2.49. The van der Waals surface area contributed by atoms with E-state index in [2.05, 4.69) is 16.0 Å². The molecule has 1 aliphatic carbocycles. The summed E-state index contributed by atoms with van der Waals surface area (Å²) < 4.78 is 2.34. The van der Waals surface area contributed by atoms with Crippen molar-refractivity contribution in [2.24, 2.45) is 0 Å². The Morgan fingerprint density at radius 2 is 2.15 bits per heavy atom. The van der Waals surface area contributed by atoms with Gasteiger partial charge in [0.15, 0.2) is 0 Å². The molecule has 0 bridgehead atoms. The average Bonchev–Trinajstić information content (AvgIpc) is 3.21. The molecule has 2 aromatic rings. The fraction of sp³-hybridized carbons (Fsp3) is 0.467. The molecule has 20 heavy (non-hydrogen) atoms. The van der Waals surface area contributed by atoms with Crippen molar-refractivity contribution in [2.75, 3.05) is 12.3 Å². The number of carbonyl (C=O) groups excluding carboxylic acids is 1. The number of benzene rings is 1. The number of piperidine rings is 1. The first-order valence-electron chi connectivity index (χ1n) is 7.26. The highest BCUT2D eigenvalue weighted by molar-refractivity contribution is 5.80. The first-order chi connectivity index (χ1) is 9.72. The fourth-order valence-corrected chi connectivity index (χ4v) is 3.09. The van der Waals surface area contributed by atoms with Crippen molar-refractivity contribution in [3.8, 4) is 0 Å². The second-order valence-corrected chi connectivity index (χ2v) is 5.86. The van der Waals surface area contributed by atoms with Gasteiger partial charge < -0.3 is 15.6 Å². The third-order valence-corrected chi connectivity index (χ3v) is 4.29. The summed E-state index contributed by atoms with van der Waals surface area (Å²) in [5, 5.41) is 2.97.